The third kappa shape index (κ3) is 4.67. The molecule has 0 aromatic heterocycles. The van der Waals surface area contributed by atoms with Crippen molar-refractivity contribution in [2.24, 2.45) is 11.8 Å². The lowest BCUT2D eigenvalue weighted by atomic mass is 9.87. The van der Waals surface area contributed by atoms with Gasteiger partial charge in [-0.2, -0.15) is 0 Å². The fraction of sp³-hybridized carbons (Fsp3) is 0.619. The highest BCUT2D eigenvalue weighted by molar-refractivity contribution is 6.02. The summed E-state index contributed by atoms with van der Waals surface area (Å²) in [6.45, 7) is 7.16. The Balaban J connectivity index is 0.00000225. The predicted molar refractivity (Wildman–Crippen MR) is 111 cm³/mol. The van der Waals surface area contributed by atoms with Crippen molar-refractivity contribution in [3.05, 3.63) is 23.8 Å². The molecule has 2 fully saturated rings. The van der Waals surface area contributed by atoms with Gasteiger partial charge in [0.2, 0.25) is 0 Å². The monoisotopic (exact) mass is 407 g/mol. The Morgan fingerprint density at radius 3 is 2.61 bits per heavy atom. The number of ether oxygens (including phenoxy) is 1. The zero-order valence-electron chi connectivity index (χ0n) is 16.4. The topological polar surface area (TPSA) is 70.7 Å². The molecule has 28 heavy (non-hydrogen) atoms. The number of nitrogens with one attached hydrogen (secondary N) is 2. The first-order valence-corrected chi connectivity index (χ1v) is 10.2. The van der Waals surface area contributed by atoms with Crippen LogP contribution in [-0.2, 0) is 4.79 Å². The largest absolute Gasteiger partial charge is 0.479 e. The Kier molecular flexibility index (Phi) is 6.96. The number of hydrogen-bond acceptors (Lipinski definition) is 5. The Morgan fingerprint density at radius 1 is 1.18 bits per heavy atom. The van der Waals surface area contributed by atoms with Crippen molar-refractivity contribution < 1.29 is 14.3 Å². The number of fused-ring (bicyclic) bond motifs is 1. The van der Waals surface area contributed by atoms with Gasteiger partial charge in [0, 0.05) is 18.0 Å². The van der Waals surface area contributed by atoms with Crippen LogP contribution in [0.3, 0.4) is 0 Å². The third-order valence-electron chi connectivity index (χ3n) is 6.13. The number of anilines is 1. The van der Waals surface area contributed by atoms with Crippen LogP contribution in [0.4, 0.5) is 5.69 Å². The molecule has 1 amide bonds. The van der Waals surface area contributed by atoms with Crippen molar-refractivity contribution in [1.82, 2.24) is 10.2 Å². The smallest absolute Gasteiger partial charge is 0.265 e. The fourth-order valence-corrected chi connectivity index (χ4v) is 4.40. The zero-order chi connectivity index (χ0) is 18.8. The van der Waals surface area contributed by atoms with Crippen LogP contribution in [0.15, 0.2) is 18.2 Å². The van der Waals surface area contributed by atoms with Crippen LogP contribution >= 0.6 is 12.4 Å². The van der Waals surface area contributed by atoms with Crippen LogP contribution in [0.25, 0.3) is 0 Å². The highest BCUT2D eigenvalue weighted by Gasteiger charge is 2.29. The van der Waals surface area contributed by atoms with E-state index in [0.29, 0.717) is 17.0 Å². The number of rotatable bonds is 4. The average molecular weight is 408 g/mol. The summed E-state index contributed by atoms with van der Waals surface area (Å²) in [6, 6.07) is 5.39. The first-order valence-electron chi connectivity index (χ1n) is 10.2. The Hall–Kier alpha value is -1.63. The number of piperidine rings is 2. The molecule has 4 rings (SSSR count). The number of Topliss-reactive ketones (excluding diaryl/α,β-unsaturated/α-hetero) is 1. The van der Waals surface area contributed by atoms with Gasteiger partial charge in [-0.25, -0.2) is 0 Å². The number of benzene rings is 1. The molecule has 7 heteroatoms. The van der Waals surface area contributed by atoms with Crippen molar-refractivity contribution in [3.8, 4) is 5.75 Å². The molecule has 154 valence electrons. The van der Waals surface area contributed by atoms with E-state index in [1.807, 2.05) is 6.07 Å². The number of carbonyl (C=O) groups is 2. The molecule has 2 saturated heterocycles. The molecule has 2 N–H and O–H groups in total. The molecule has 0 spiro atoms. The standard InChI is InChI=1S/C21H29N3O3.ClH/c1-14-21(26)23-18-12-17(2-3-19(18)27-14)20(25)16-6-10-24(11-7-16)13-15-4-8-22-9-5-15;/h2-3,12,14-16,22H,4-11,13H2,1H3,(H,23,26);1H. The Morgan fingerprint density at radius 2 is 1.89 bits per heavy atom. The maximum absolute atomic E-state index is 12.9. The van der Waals surface area contributed by atoms with E-state index in [0.717, 1.165) is 44.9 Å². The van der Waals surface area contributed by atoms with E-state index >= 15 is 0 Å². The number of amides is 1. The summed E-state index contributed by atoms with van der Waals surface area (Å²) in [7, 11) is 0. The van der Waals surface area contributed by atoms with Gasteiger partial charge in [-0.15, -0.1) is 12.4 Å². The number of hydrogen-bond donors (Lipinski definition) is 2. The van der Waals surface area contributed by atoms with Gasteiger partial charge in [0.25, 0.3) is 5.91 Å². The zero-order valence-corrected chi connectivity index (χ0v) is 17.2. The minimum atomic E-state index is -0.497. The van der Waals surface area contributed by atoms with Gasteiger partial charge < -0.3 is 20.3 Å². The van der Waals surface area contributed by atoms with Gasteiger partial charge in [-0.05, 0) is 82.9 Å². The maximum atomic E-state index is 12.9. The lowest BCUT2D eigenvalue weighted by Crippen LogP contribution is -2.41. The van der Waals surface area contributed by atoms with Crippen LogP contribution in [0.5, 0.6) is 5.75 Å². The summed E-state index contributed by atoms with van der Waals surface area (Å²) in [4.78, 5) is 27.3. The van der Waals surface area contributed by atoms with Crippen LogP contribution in [-0.4, -0.2) is 55.4 Å². The quantitative estimate of drug-likeness (QED) is 0.751. The number of ketones is 1. The van der Waals surface area contributed by atoms with E-state index in [1.54, 1.807) is 19.1 Å². The molecule has 3 heterocycles. The molecule has 1 aromatic carbocycles. The third-order valence-corrected chi connectivity index (χ3v) is 6.13. The van der Waals surface area contributed by atoms with Crippen LogP contribution in [0.1, 0.15) is 43.0 Å². The average Bonchev–Trinajstić information content (AvgIpc) is 2.69. The normalized spacial score (nSPS) is 23.9. The lowest BCUT2D eigenvalue weighted by molar-refractivity contribution is -0.122. The van der Waals surface area contributed by atoms with E-state index in [2.05, 4.69) is 15.5 Å². The van der Waals surface area contributed by atoms with Crippen molar-refractivity contribution in [1.29, 1.82) is 0 Å². The Bertz CT molecular complexity index is 713. The summed E-state index contributed by atoms with van der Waals surface area (Å²) < 4.78 is 5.58. The second-order valence-electron chi connectivity index (χ2n) is 8.09. The molecule has 0 radical (unpaired) electrons. The van der Waals surface area contributed by atoms with E-state index in [1.165, 1.54) is 19.4 Å². The van der Waals surface area contributed by atoms with Gasteiger partial charge in [0.15, 0.2) is 11.9 Å². The number of halogens is 1. The summed E-state index contributed by atoms with van der Waals surface area (Å²) in [5.41, 5.74) is 1.27. The van der Waals surface area contributed by atoms with Crippen molar-refractivity contribution >= 4 is 29.8 Å². The lowest BCUT2D eigenvalue weighted by Gasteiger charge is -2.35. The molecule has 1 aromatic rings. The minimum Gasteiger partial charge on any atom is -0.479 e. The van der Waals surface area contributed by atoms with Gasteiger partial charge in [0.1, 0.15) is 5.75 Å². The molecule has 0 bridgehead atoms. The Labute approximate surface area is 172 Å². The van der Waals surface area contributed by atoms with E-state index < -0.39 is 6.10 Å². The van der Waals surface area contributed by atoms with Crippen LogP contribution in [0.2, 0.25) is 0 Å². The van der Waals surface area contributed by atoms with Crippen molar-refractivity contribution in [2.75, 3.05) is 38.0 Å². The van der Waals surface area contributed by atoms with Crippen LogP contribution in [0, 0.1) is 11.8 Å². The second kappa shape index (κ2) is 9.25. The number of carbonyl (C=O) groups excluding carboxylic acids is 2. The number of nitrogens with zero attached hydrogens (tertiary/aromatic N) is 1. The molecule has 3 aliphatic heterocycles. The molecule has 3 aliphatic rings. The van der Waals surface area contributed by atoms with Gasteiger partial charge >= 0.3 is 0 Å². The summed E-state index contributed by atoms with van der Waals surface area (Å²) in [5, 5.41) is 6.25. The fourth-order valence-electron chi connectivity index (χ4n) is 4.40. The first kappa shape index (κ1) is 21.1. The SMILES string of the molecule is CC1Oc2ccc(C(=O)C3CCN(CC4CCNCC4)CC3)cc2NC1=O.Cl. The second-order valence-corrected chi connectivity index (χ2v) is 8.09. The molecule has 0 saturated carbocycles. The van der Waals surface area contributed by atoms with Crippen LogP contribution < -0.4 is 15.4 Å². The maximum Gasteiger partial charge on any atom is 0.265 e. The molecule has 0 aliphatic carbocycles. The summed E-state index contributed by atoms with van der Waals surface area (Å²) in [6.07, 6.45) is 3.87. The van der Waals surface area contributed by atoms with Crippen molar-refractivity contribution in [2.45, 2.75) is 38.7 Å². The highest BCUT2D eigenvalue weighted by Crippen LogP contribution is 2.32. The summed E-state index contributed by atoms with van der Waals surface area (Å²) in [5.74, 6) is 1.53. The molecule has 1 unspecified atom stereocenters. The van der Waals surface area contributed by atoms with Gasteiger partial charge in [0.05, 0.1) is 5.69 Å². The van der Waals surface area contributed by atoms with Crippen molar-refractivity contribution in [3.63, 3.8) is 0 Å². The highest BCUT2D eigenvalue weighted by atomic mass is 35.5. The first-order chi connectivity index (χ1) is 13.1. The van der Waals surface area contributed by atoms with Gasteiger partial charge in [-0.3, -0.25) is 9.59 Å². The van der Waals surface area contributed by atoms with E-state index in [-0.39, 0.29) is 30.0 Å². The molecular weight excluding hydrogens is 378 g/mol. The minimum absolute atomic E-state index is 0. The van der Waals surface area contributed by atoms with E-state index in [4.69, 9.17) is 4.74 Å². The van der Waals surface area contributed by atoms with Gasteiger partial charge in [-0.1, -0.05) is 0 Å². The number of likely N-dealkylation sites (tertiary alicyclic amines) is 1. The predicted octanol–water partition coefficient (Wildman–Crippen LogP) is 2.72. The molecular formula is C21H30ClN3O3. The molecule has 6 nitrogen and oxygen atoms in total. The summed E-state index contributed by atoms with van der Waals surface area (Å²) >= 11 is 0. The van der Waals surface area contributed by atoms with E-state index in [9.17, 15) is 9.59 Å². The molecule has 1 atom stereocenters.